The van der Waals surface area contributed by atoms with Crippen molar-refractivity contribution >= 4 is 11.8 Å². The topological polar surface area (TPSA) is 82.2 Å². The first kappa shape index (κ1) is 24.8. The summed E-state index contributed by atoms with van der Waals surface area (Å²) >= 11 is 0. The zero-order valence-electron chi connectivity index (χ0n) is 19.5. The highest BCUT2D eigenvalue weighted by atomic mass is 19.4. The van der Waals surface area contributed by atoms with E-state index in [1.54, 1.807) is 17.0 Å². The summed E-state index contributed by atoms with van der Waals surface area (Å²) in [4.78, 5) is 33.0. The zero-order chi connectivity index (χ0) is 26.3. The summed E-state index contributed by atoms with van der Waals surface area (Å²) in [5, 5.41) is 6.95. The molecule has 1 aliphatic carbocycles. The van der Waals surface area contributed by atoms with Crippen molar-refractivity contribution in [3.63, 3.8) is 0 Å². The number of halogens is 5. The van der Waals surface area contributed by atoms with E-state index in [0.29, 0.717) is 16.8 Å². The monoisotopic (exact) mass is 519 g/mol. The number of alkyl halides is 3. The Balaban J connectivity index is 1.28. The van der Waals surface area contributed by atoms with E-state index in [0.717, 1.165) is 12.2 Å². The number of nitrogens with zero attached hydrogens (tertiary/aromatic N) is 4. The van der Waals surface area contributed by atoms with E-state index < -0.39 is 41.6 Å². The number of carbonyl (C=O) groups is 2. The molecule has 1 fully saturated rings. The number of H-pyrrole nitrogens is 1. The second-order valence-corrected chi connectivity index (χ2v) is 9.18. The summed E-state index contributed by atoms with van der Waals surface area (Å²) in [7, 11) is 0. The summed E-state index contributed by atoms with van der Waals surface area (Å²) in [5.41, 5.74) is 0.161. The lowest BCUT2D eigenvalue weighted by atomic mass is 9.84. The van der Waals surface area contributed by atoms with Gasteiger partial charge in [0.15, 0.2) is 5.69 Å². The third-order valence-electron chi connectivity index (χ3n) is 6.90. The number of aromatic nitrogens is 3. The van der Waals surface area contributed by atoms with Crippen molar-refractivity contribution in [2.75, 3.05) is 13.1 Å². The Bertz CT molecular complexity index is 1320. The van der Waals surface area contributed by atoms with Gasteiger partial charge in [-0.3, -0.25) is 19.7 Å². The maximum Gasteiger partial charge on any atom is 0.419 e. The molecule has 2 aromatic heterocycles. The van der Waals surface area contributed by atoms with E-state index in [-0.39, 0.29) is 56.2 Å². The molecule has 0 aromatic carbocycles. The molecule has 194 valence electrons. The molecule has 5 rings (SSSR count). The number of aromatic amines is 1. The lowest BCUT2D eigenvalue weighted by molar-refractivity contribution is -0.0923. The van der Waals surface area contributed by atoms with Crippen LogP contribution in [0.1, 0.15) is 51.4 Å². The fraction of sp³-hybridized carbons (Fsp3) is 0.360. The predicted molar refractivity (Wildman–Crippen MR) is 121 cm³/mol. The van der Waals surface area contributed by atoms with E-state index in [9.17, 15) is 31.5 Å². The molecule has 2 amide bonds. The lowest BCUT2D eigenvalue weighted by Crippen LogP contribution is -2.40. The molecule has 0 atom stereocenters. The molecule has 0 saturated carbocycles. The van der Waals surface area contributed by atoms with Gasteiger partial charge in [-0.25, -0.2) is 8.78 Å². The third kappa shape index (κ3) is 4.79. The Kier molecular flexibility index (Phi) is 6.42. The van der Waals surface area contributed by atoms with Crippen LogP contribution in [0.5, 0.6) is 0 Å². The molecule has 7 nitrogen and oxygen atoms in total. The normalized spacial score (nSPS) is 18.9. The molecular weight excluding hydrogens is 497 g/mol. The zero-order valence-corrected chi connectivity index (χ0v) is 19.5. The average molecular weight is 519 g/mol. The lowest BCUT2D eigenvalue weighted by Gasteiger charge is -2.34. The van der Waals surface area contributed by atoms with Crippen molar-refractivity contribution in [2.45, 2.75) is 38.5 Å². The molecule has 0 unspecified atom stereocenters. The predicted octanol–water partition coefficient (Wildman–Crippen LogP) is 4.78. The number of pyridine rings is 1. The van der Waals surface area contributed by atoms with E-state index in [2.05, 4.69) is 15.2 Å². The summed E-state index contributed by atoms with van der Waals surface area (Å²) in [5.74, 6) is -3.82. The van der Waals surface area contributed by atoms with E-state index >= 15 is 0 Å². The van der Waals surface area contributed by atoms with Gasteiger partial charge < -0.3 is 9.80 Å². The Morgan fingerprint density at radius 1 is 0.973 bits per heavy atom. The van der Waals surface area contributed by atoms with E-state index in [1.165, 1.54) is 17.3 Å². The molecular formula is C25H22F5N5O2. The molecule has 1 saturated heterocycles. The van der Waals surface area contributed by atoms with Crippen LogP contribution in [0.4, 0.5) is 22.0 Å². The van der Waals surface area contributed by atoms with E-state index in [1.807, 2.05) is 0 Å². The van der Waals surface area contributed by atoms with Gasteiger partial charge in [-0.2, -0.15) is 18.3 Å². The van der Waals surface area contributed by atoms with Gasteiger partial charge in [0.2, 0.25) is 0 Å². The van der Waals surface area contributed by atoms with Crippen LogP contribution in [0.3, 0.4) is 0 Å². The van der Waals surface area contributed by atoms with E-state index in [4.69, 9.17) is 0 Å². The van der Waals surface area contributed by atoms with Crippen LogP contribution < -0.4 is 0 Å². The molecule has 4 heterocycles. The van der Waals surface area contributed by atoms with Crippen LogP contribution in [0.15, 0.2) is 59.5 Å². The van der Waals surface area contributed by atoms with Gasteiger partial charge in [-0.1, -0.05) is 6.08 Å². The number of carbonyl (C=O) groups excluding carboxylic acids is 2. The summed E-state index contributed by atoms with van der Waals surface area (Å²) in [6, 6.07) is 3.20. The molecule has 37 heavy (non-hydrogen) atoms. The van der Waals surface area contributed by atoms with Crippen LogP contribution in [0, 0.1) is 5.92 Å². The van der Waals surface area contributed by atoms with Crippen molar-refractivity contribution in [3.05, 3.63) is 82.0 Å². The minimum atomic E-state index is -4.96. The highest BCUT2D eigenvalue weighted by Crippen LogP contribution is 2.43. The summed E-state index contributed by atoms with van der Waals surface area (Å²) in [6.07, 6.45) is -0.782. The highest BCUT2D eigenvalue weighted by Gasteiger charge is 2.43. The van der Waals surface area contributed by atoms with Gasteiger partial charge in [-0.15, -0.1) is 0 Å². The van der Waals surface area contributed by atoms with Crippen LogP contribution in [0.25, 0.3) is 0 Å². The highest BCUT2D eigenvalue weighted by molar-refractivity contribution is 5.96. The average Bonchev–Trinajstić information content (AvgIpc) is 3.42. The molecule has 2 aliphatic heterocycles. The minimum absolute atomic E-state index is 0.126. The Morgan fingerprint density at radius 3 is 2.35 bits per heavy atom. The number of piperidine rings is 1. The smallest absolute Gasteiger partial charge is 0.337 e. The molecule has 12 heteroatoms. The molecule has 0 bridgehead atoms. The van der Waals surface area contributed by atoms with Gasteiger partial charge in [-0.05, 0) is 42.5 Å². The number of hydrogen-bond donors (Lipinski definition) is 1. The Labute approximate surface area is 208 Å². The first-order valence-electron chi connectivity index (χ1n) is 11.7. The van der Waals surface area contributed by atoms with Crippen LogP contribution in [-0.4, -0.2) is 56.1 Å². The van der Waals surface area contributed by atoms with Crippen molar-refractivity contribution in [1.29, 1.82) is 0 Å². The Hall–Kier alpha value is -3.83. The minimum Gasteiger partial charge on any atom is -0.337 e. The van der Waals surface area contributed by atoms with Crippen molar-refractivity contribution < 1.29 is 31.5 Å². The van der Waals surface area contributed by atoms with Crippen LogP contribution >= 0.6 is 0 Å². The van der Waals surface area contributed by atoms with Gasteiger partial charge >= 0.3 is 6.18 Å². The second-order valence-electron chi connectivity index (χ2n) is 9.18. The molecule has 0 radical (unpaired) electrons. The van der Waals surface area contributed by atoms with Gasteiger partial charge in [0.1, 0.15) is 11.7 Å². The fourth-order valence-electron chi connectivity index (χ4n) is 5.05. The first-order chi connectivity index (χ1) is 17.6. The molecule has 1 N–H and O–H groups in total. The number of nitrogens with one attached hydrogen (secondary N) is 1. The number of hydrogen-bond acceptors (Lipinski definition) is 4. The van der Waals surface area contributed by atoms with Crippen LogP contribution in [0.2, 0.25) is 0 Å². The maximum absolute atomic E-state index is 14.3. The van der Waals surface area contributed by atoms with Gasteiger partial charge in [0.25, 0.3) is 11.8 Å². The first-order valence-corrected chi connectivity index (χ1v) is 11.7. The SMILES string of the molecule is O=C(c1ccncc1)N1Cc2[nH]nc(C(=O)N3CCC(C4=CC=C(F)CC(F)=C4C(F)(F)F)CC3)c2C1. The van der Waals surface area contributed by atoms with Crippen molar-refractivity contribution in [3.8, 4) is 0 Å². The maximum atomic E-state index is 14.3. The molecule has 0 spiro atoms. The number of allylic oxidation sites excluding steroid dienone is 6. The number of amides is 2. The van der Waals surface area contributed by atoms with Gasteiger partial charge in [0, 0.05) is 36.6 Å². The van der Waals surface area contributed by atoms with Crippen LogP contribution in [-0.2, 0) is 13.1 Å². The number of likely N-dealkylation sites (tertiary alicyclic amines) is 1. The van der Waals surface area contributed by atoms with Crippen molar-refractivity contribution in [2.24, 2.45) is 5.92 Å². The van der Waals surface area contributed by atoms with Crippen molar-refractivity contribution in [1.82, 2.24) is 25.0 Å². The molecule has 3 aliphatic rings. The molecule has 2 aromatic rings. The third-order valence-corrected chi connectivity index (χ3v) is 6.90. The summed E-state index contributed by atoms with van der Waals surface area (Å²) < 4.78 is 68.9. The summed E-state index contributed by atoms with van der Waals surface area (Å²) in [6.45, 7) is 0.700. The Morgan fingerprint density at radius 2 is 1.68 bits per heavy atom. The van der Waals surface area contributed by atoms with Gasteiger partial charge in [0.05, 0.1) is 30.8 Å². The standard InChI is InChI=1S/C25H22F5N5O2/c26-16-1-2-17(21(19(27)11-16)25(28,29)30)14-5-9-34(10-6-14)24(37)22-18-12-35(13-20(18)32-33-22)23(36)15-3-7-31-8-4-15/h1-4,7-8,14H,5-6,9-13H2,(H,32,33). The number of fused-ring (bicyclic) bond motifs is 1. The quantitative estimate of drug-likeness (QED) is 0.592. The largest absolute Gasteiger partial charge is 0.419 e. The fourth-order valence-corrected chi connectivity index (χ4v) is 5.05. The number of rotatable bonds is 3. The second kappa shape index (κ2) is 9.56.